The lowest BCUT2D eigenvalue weighted by Gasteiger charge is -2.15. The number of fused-ring (bicyclic) bond motifs is 1. The molecule has 0 spiro atoms. The highest BCUT2D eigenvalue weighted by atomic mass is 16.7. The summed E-state index contributed by atoms with van der Waals surface area (Å²) in [6.45, 7) is 3.46. The van der Waals surface area contributed by atoms with Gasteiger partial charge in [-0.3, -0.25) is 14.4 Å². The molecule has 158 valence electrons. The van der Waals surface area contributed by atoms with E-state index in [4.69, 9.17) is 14.2 Å². The standard InChI is InChI=1S/C22H24N2O6/c1-3-14(2)16-6-4-5-7-17(16)24-20(25)12-28-21(26)11-23-22(27)15-8-9-18-19(10-15)30-13-29-18/h4-10,14H,3,11-13H2,1-2H3,(H,23,27)(H,24,25)/t14-/m1/s1. The van der Waals surface area contributed by atoms with E-state index in [1.54, 1.807) is 12.1 Å². The summed E-state index contributed by atoms with van der Waals surface area (Å²) in [6, 6.07) is 12.2. The van der Waals surface area contributed by atoms with Crippen LogP contribution in [0.1, 0.15) is 42.1 Å². The number of hydrogen-bond acceptors (Lipinski definition) is 6. The van der Waals surface area contributed by atoms with E-state index in [9.17, 15) is 14.4 Å². The number of esters is 1. The average molecular weight is 412 g/mol. The van der Waals surface area contributed by atoms with E-state index >= 15 is 0 Å². The predicted molar refractivity (Wildman–Crippen MR) is 110 cm³/mol. The van der Waals surface area contributed by atoms with Gasteiger partial charge in [-0.25, -0.2) is 0 Å². The third-order valence-electron chi connectivity index (χ3n) is 4.77. The average Bonchev–Trinajstić information content (AvgIpc) is 3.23. The van der Waals surface area contributed by atoms with Crippen LogP contribution in [0.2, 0.25) is 0 Å². The van der Waals surface area contributed by atoms with E-state index in [-0.39, 0.29) is 19.3 Å². The van der Waals surface area contributed by atoms with Crippen LogP contribution in [0.4, 0.5) is 5.69 Å². The maximum Gasteiger partial charge on any atom is 0.325 e. The molecule has 30 heavy (non-hydrogen) atoms. The number of ether oxygens (including phenoxy) is 3. The van der Waals surface area contributed by atoms with E-state index in [1.165, 1.54) is 6.07 Å². The van der Waals surface area contributed by atoms with Crippen LogP contribution < -0.4 is 20.1 Å². The minimum absolute atomic E-state index is 0.108. The van der Waals surface area contributed by atoms with Crippen molar-refractivity contribution in [2.45, 2.75) is 26.2 Å². The summed E-state index contributed by atoms with van der Waals surface area (Å²) in [5, 5.41) is 5.22. The number of amides is 2. The van der Waals surface area contributed by atoms with Crippen LogP contribution in [-0.4, -0.2) is 37.7 Å². The van der Waals surface area contributed by atoms with Gasteiger partial charge in [-0.15, -0.1) is 0 Å². The Hall–Kier alpha value is -3.55. The first-order valence-corrected chi connectivity index (χ1v) is 9.70. The Balaban J connectivity index is 1.44. The van der Waals surface area contributed by atoms with Crippen LogP contribution in [-0.2, 0) is 14.3 Å². The van der Waals surface area contributed by atoms with Gasteiger partial charge in [0.2, 0.25) is 6.79 Å². The molecule has 1 atom stereocenters. The smallest absolute Gasteiger partial charge is 0.325 e. The van der Waals surface area contributed by atoms with Crippen molar-refractivity contribution < 1.29 is 28.6 Å². The number of carbonyl (C=O) groups excluding carboxylic acids is 3. The second-order valence-electron chi connectivity index (χ2n) is 6.86. The molecule has 0 unspecified atom stereocenters. The molecular weight excluding hydrogens is 388 g/mol. The first kappa shape index (κ1) is 21.2. The summed E-state index contributed by atoms with van der Waals surface area (Å²) in [4.78, 5) is 36.2. The number of carbonyl (C=O) groups is 3. The molecule has 8 nitrogen and oxygen atoms in total. The summed E-state index contributed by atoms with van der Waals surface area (Å²) >= 11 is 0. The van der Waals surface area contributed by atoms with Crippen molar-refractivity contribution in [2.75, 3.05) is 25.3 Å². The van der Waals surface area contributed by atoms with Gasteiger partial charge < -0.3 is 24.8 Å². The van der Waals surface area contributed by atoms with E-state index in [2.05, 4.69) is 24.5 Å². The molecule has 8 heteroatoms. The van der Waals surface area contributed by atoms with Crippen LogP contribution in [0, 0.1) is 0 Å². The quantitative estimate of drug-likeness (QED) is 0.647. The Kier molecular flexibility index (Phi) is 6.90. The Morgan fingerprint density at radius 3 is 2.67 bits per heavy atom. The minimum atomic E-state index is -0.713. The Labute approximate surface area is 174 Å². The highest BCUT2D eigenvalue weighted by Gasteiger charge is 2.17. The molecule has 2 N–H and O–H groups in total. The van der Waals surface area contributed by atoms with E-state index in [0.717, 1.165) is 12.0 Å². The molecule has 0 radical (unpaired) electrons. The number of nitrogens with one attached hydrogen (secondary N) is 2. The van der Waals surface area contributed by atoms with E-state index < -0.39 is 24.4 Å². The molecule has 2 aromatic rings. The van der Waals surface area contributed by atoms with Crippen LogP contribution in [0.15, 0.2) is 42.5 Å². The van der Waals surface area contributed by atoms with Crippen LogP contribution >= 0.6 is 0 Å². The second kappa shape index (κ2) is 9.78. The summed E-state index contributed by atoms with van der Waals surface area (Å²) in [5.74, 6) is -0.297. The Morgan fingerprint density at radius 1 is 1.10 bits per heavy atom. The fourth-order valence-corrected chi connectivity index (χ4v) is 2.94. The topological polar surface area (TPSA) is 103 Å². The predicted octanol–water partition coefficient (Wildman–Crippen LogP) is 2.84. The van der Waals surface area contributed by atoms with Crippen molar-refractivity contribution >= 4 is 23.5 Å². The maximum atomic E-state index is 12.2. The van der Waals surface area contributed by atoms with Gasteiger partial charge in [-0.05, 0) is 42.2 Å². The van der Waals surface area contributed by atoms with Crippen molar-refractivity contribution in [3.8, 4) is 11.5 Å². The number of benzene rings is 2. The molecule has 0 saturated carbocycles. The summed E-state index contributed by atoms with van der Waals surface area (Å²) < 4.78 is 15.4. The number of hydrogen-bond donors (Lipinski definition) is 2. The van der Waals surface area contributed by atoms with Crippen LogP contribution in [0.3, 0.4) is 0 Å². The molecule has 0 fully saturated rings. The monoisotopic (exact) mass is 412 g/mol. The van der Waals surface area contributed by atoms with Crippen molar-refractivity contribution in [3.63, 3.8) is 0 Å². The fourth-order valence-electron chi connectivity index (χ4n) is 2.94. The number of para-hydroxylation sites is 1. The lowest BCUT2D eigenvalue weighted by atomic mass is 9.97. The van der Waals surface area contributed by atoms with E-state index in [0.29, 0.717) is 22.7 Å². The molecule has 2 aromatic carbocycles. The molecule has 1 aliphatic rings. The lowest BCUT2D eigenvalue weighted by Crippen LogP contribution is -2.32. The van der Waals surface area contributed by atoms with Crippen molar-refractivity contribution in [3.05, 3.63) is 53.6 Å². The molecule has 0 aliphatic carbocycles. The number of rotatable bonds is 8. The third-order valence-corrected chi connectivity index (χ3v) is 4.77. The summed E-state index contributed by atoms with van der Waals surface area (Å²) in [5.41, 5.74) is 2.05. The first-order chi connectivity index (χ1) is 14.5. The van der Waals surface area contributed by atoms with Crippen molar-refractivity contribution in [1.82, 2.24) is 5.32 Å². The van der Waals surface area contributed by atoms with Gasteiger partial charge in [0.25, 0.3) is 11.8 Å². The van der Waals surface area contributed by atoms with Gasteiger partial charge in [-0.2, -0.15) is 0 Å². The molecule has 0 aromatic heterocycles. The zero-order valence-electron chi connectivity index (χ0n) is 16.9. The fraction of sp³-hybridized carbons (Fsp3) is 0.318. The zero-order chi connectivity index (χ0) is 21.5. The van der Waals surface area contributed by atoms with Crippen LogP contribution in [0.25, 0.3) is 0 Å². The van der Waals surface area contributed by atoms with Crippen LogP contribution in [0.5, 0.6) is 11.5 Å². The highest BCUT2D eigenvalue weighted by molar-refractivity contribution is 5.97. The Morgan fingerprint density at radius 2 is 1.87 bits per heavy atom. The third kappa shape index (κ3) is 5.28. The second-order valence-corrected chi connectivity index (χ2v) is 6.86. The first-order valence-electron chi connectivity index (χ1n) is 9.70. The molecular formula is C22H24N2O6. The van der Waals surface area contributed by atoms with E-state index in [1.807, 2.05) is 24.3 Å². The normalized spacial score (nSPS) is 12.7. The summed E-state index contributed by atoms with van der Waals surface area (Å²) in [7, 11) is 0. The molecule has 2 amide bonds. The number of anilines is 1. The van der Waals surface area contributed by atoms with Gasteiger partial charge in [0.1, 0.15) is 6.54 Å². The molecule has 3 rings (SSSR count). The SMILES string of the molecule is CC[C@@H](C)c1ccccc1NC(=O)COC(=O)CNC(=O)c1ccc2c(c1)OCO2. The molecule has 1 aliphatic heterocycles. The van der Waals surface area contributed by atoms with Gasteiger partial charge >= 0.3 is 5.97 Å². The Bertz CT molecular complexity index is 943. The zero-order valence-corrected chi connectivity index (χ0v) is 16.9. The van der Waals surface area contributed by atoms with Gasteiger partial charge in [-0.1, -0.05) is 32.0 Å². The van der Waals surface area contributed by atoms with Crippen molar-refractivity contribution in [1.29, 1.82) is 0 Å². The van der Waals surface area contributed by atoms with Gasteiger partial charge in [0, 0.05) is 11.3 Å². The lowest BCUT2D eigenvalue weighted by molar-refractivity contribution is -0.146. The van der Waals surface area contributed by atoms with Gasteiger partial charge in [0.05, 0.1) is 0 Å². The van der Waals surface area contributed by atoms with Crippen molar-refractivity contribution in [2.24, 2.45) is 0 Å². The highest BCUT2D eigenvalue weighted by Crippen LogP contribution is 2.32. The molecule has 0 bridgehead atoms. The summed E-state index contributed by atoms with van der Waals surface area (Å²) in [6.07, 6.45) is 0.935. The minimum Gasteiger partial charge on any atom is -0.454 e. The molecule has 1 heterocycles. The van der Waals surface area contributed by atoms with Gasteiger partial charge in [0.15, 0.2) is 18.1 Å². The molecule has 0 saturated heterocycles. The largest absolute Gasteiger partial charge is 0.454 e. The maximum absolute atomic E-state index is 12.2.